The van der Waals surface area contributed by atoms with E-state index in [4.69, 9.17) is 0 Å². The maximum atomic E-state index is 12.7. The van der Waals surface area contributed by atoms with Gasteiger partial charge in [-0.1, -0.05) is 18.7 Å². The van der Waals surface area contributed by atoms with Crippen molar-refractivity contribution >= 4 is 40.2 Å². The summed E-state index contributed by atoms with van der Waals surface area (Å²) in [5.74, 6) is 0.146. The molecular formula is C20H21N5O4S. The lowest BCUT2D eigenvalue weighted by molar-refractivity contribution is -0.113. The van der Waals surface area contributed by atoms with Crippen molar-refractivity contribution in [3.05, 3.63) is 56.5 Å². The van der Waals surface area contributed by atoms with E-state index in [-0.39, 0.29) is 28.5 Å². The Morgan fingerprint density at radius 3 is 2.33 bits per heavy atom. The summed E-state index contributed by atoms with van der Waals surface area (Å²) in [4.78, 5) is 57.4. The first kappa shape index (κ1) is 21.4. The number of benzene rings is 1. The molecule has 1 amide bonds. The topological polar surface area (TPSA) is 116 Å². The Morgan fingerprint density at radius 2 is 1.73 bits per heavy atom. The van der Waals surface area contributed by atoms with Crippen LogP contribution in [0.1, 0.15) is 30.0 Å². The molecule has 0 bridgehead atoms. The van der Waals surface area contributed by atoms with E-state index < -0.39 is 11.2 Å². The minimum atomic E-state index is -0.501. The van der Waals surface area contributed by atoms with Crippen molar-refractivity contribution in [1.82, 2.24) is 19.1 Å². The number of aromatic nitrogens is 4. The van der Waals surface area contributed by atoms with Crippen LogP contribution in [0.3, 0.4) is 0 Å². The zero-order valence-corrected chi connectivity index (χ0v) is 17.9. The number of Topliss-reactive ketones (excluding diaryl/α,β-unsaturated/α-hetero) is 1. The first-order valence-corrected chi connectivity index (χ1v) is 10.2. The standard InChI is InChI=1S/C20H21N5O4S/c1-5-14-22-17-16(19(28)25(4)20(29)24(17)3)18(23-14)30-10-15(27)21-13-8-6-12(7-9-13)11(2)26/h6-9H,5,10H2,1-4H3,(H,21,27). The molecule has 30 heavy (non-hydrogen) atoms. The van der Waals surface area contributed by atoms with Gasteiger partial charge in [0.1, 0.15) is 16.2 Å². The summed E-state index contributed by atoms with van der Waals surface area (Å²) in [6.45, 7) is 3.34. The predicted molar refractivity (Wildman–Crippen MR) is 115 cm³/mol. The fraction of sp³-hybridized carbons (Fsp3) is 0.300. The summed E-state index contributed by atoms with van der Waals surface area (Å²) >= 11 is 1.11. The molecule has 2 aromatic heterocycles. The zero-order chi connectivity index (χ0) is 22.0. The molecule has 0 unspecified atom stereocenters. The summed E-state index contributed by atoms with van der Waals surface area (Å²) in [5, 5.41) is 3.31. The van der Waals surface area contributed by atoms with Gasteiger partial charge < -0.3 is 5.32 Å². The van der Waals surface area contributed by atoms with Gasteiger partial charge in [-0.3, -0.25) is 23.5 Å². The van der Waals surface area contributed by atoms with Gasteiger partial charge in [0.2, 0.25) is 5.91 Å². The average Bonchev–Trinajstić information content (AvgIpc) is 2.74. The highest BCUT2D eigenvalue weighted by Crippen LogP contribution is 2.23. The summed E-state index contributed by atoms with van der Waals surface area (Å²) in [5.41, 5.74) is 0.390. The monoisotopic (exact) mass is 427 g/mol. The molecule has 2 heterocycles. The van der Waals surface area contributed by atoms with E-state index in [0.29, 0.717) is 28.5 Å². The fourth-order valence-electron chi connectivity index (χ4n) is 2.85. The number of thioether (sulfide) groups is 1. The molecule has 1 N–H and O–H groups in total. The lowest BCUT2D eigenvalue weighted by Gasteiger charge is -2.11. The quantitative estimate of drug-likeness (QED) is 0.360. The van der Waals surface area contributed by atoms with Crippen molar-refractivity contribution in [3.8, 4) is 0 Å². The van der Waals surface area contributed by atoms with E-state index in [9.17, 15) is 19.2 Å². The number of carbonyl (C=O) groups excluding carboxylic acids is 2. The second-order valence-corrected chi connectivity index (χ2v) is 7.64. The van der Waals surface area contributed by atoms with Gasteiger partial charge in [-0.2, -0.15) is 0 Å². The van der Waals surface area contributed by atoms with Crippen LogP contribution in [-0.2, 0) is 25.3 Å². The van der Waals surface area contributed by atoms with Crippen LogP contribution in [-0.4, -0.2) is 36.5 Å². The molecule has 0 aliphatic carbocycles. The molecule has 9 nitrogen and oxygen atoms in total. The highest BCUT2D eigenvalue weighted by atomic mass is 32.2. The Hall–Kier alpha value is -3.27. The van der Waals surface area contributed by atoms with Gasteiger partial charge in [0.25, 0.3) is 5.56 Å². The molecule has 0 aliphatic heterocycles. The fourth-order valence-corrected chi connectivity index (χ4v) is 3.69. The molecule has 3 rings (SSSR count). The Kier molecular flexibility index (Phi) is 6.16. The molecule has 0 atom stereocenters. The minimum Gasteiger partial charge on any atom is -0.325 e. The Balaban J connectivity index is 1.88. The first-order chi connectivity index (χ1) is 14.2. The van der Waals surface area contributed by atoms with Crippen molar-refractivity contribution in [2.45, 2.75) is 25.3 Å². The van der Waals surface area contributed by atoms with Crippen molar-refractivity contribution < 1.29 is 9.59 Å². The number of fused-ring (bicyclic) bond motifs is 1. The number of aryl methyl sites for hydroxylation is 2. The summed E-state index contributed by atoms with van der Waals surface area (Å²) in [6, 6.07) is 6.59. The summed E-state index contributed by atoms with van der Waals surface area (Å²) in [6.07, 6.45) is 0.515. The lowest BCUT2D eigenvalue weighted by atomic mass is 10.1. The van der Waals surface area contributed by atoms with E-state index in [1.54, 1.807) is 31.3 Å². The smallest absolute Gasteiger partial charge is 0.325 e. The van der Waals surface area contributed by atoms with Crippen molar-refractivity contribution in [2.24, 2.45) is 14.1 Å². The summed E-state index contributed by atoms with van der Waals surface area (Å²) < 4.78 is 2.30. The average molecular weight is 427 g/mol. The van der Waals surface area contributed by atoms with Gasteiger partial charge in [-0.05, 0) is 31.2 Å². The second-order valence-electron chi connectivity index (χ2n) is 6.67. The molecular weight excluding hydrogens is 406 g/mol. The van der Waals surface area contributed by atoms with E-state index in [1.807, 2.05) is 6.92 Å². The van der Waals surface area contributed by atoms with Crippen LogP contribution in [0.5, 0.6) is 0 Å². The molecule has 0 saturated heterocycles. The predicted octanol–water partition coefficient (Wildman–Crippen LogP) is 1.52. The van der Waals surface area contributed by atoms with Crippen LogP contribution in [0.15, 0.2) is 38.9 Å². The van der Waals surface area contributed by atoms with Crippen molar-refractivity contribution in [1.29, 1.82) is 0 Å². The van der Waals surface area contributed by atoms with Gasteiger partial charge in [0.15, 0.2) is 11.4 Å². The third-order valence-electron chi connectivity index (χ3n) is 4.54. The van der Waals surface area contributed by atoms with Gasteiger partial charge in [-0.15, -0.1) is 0 Å². The van der Waals surface area contributed by atoms with E-state index in [0.717, 1.165) is 16.3 Å². The van der Waals surface area contributed by atoms with Crippen LogP contribution >= 0.6 is 11.8 Å². The molecule has 156 valence electrons. The Labute approximate surface area is 176 Å². The van der Waals surface area contributed by atoms with Gasteiger partial charge in [0, 0.05) is 31.8 Å². The molecule has 10 heteroatoms. The number of rotatable bonds is 6. The molecule has 1 aromatic carbocycles. The molecule has 3 aromatic rings. The van der Waals surface area contributed by atoms with Gasteiger partial charge in [-0.25, -0.2) is 14.8 Å². The number of ketones is 1. The summed E-state index contributed by atoms with van der Waals surface area (Å²) in [7, 11) is 2.94. The molecule has 0 radical (unpaired) electrons. The lowest BCUT2D eigenvalue weighted by Crippen LogP contribution is -2.37. The van der Waals surface area contributed by atoms with Crippen LogP contribution in [0.2, 0.25) is 0 Å². The number of anilines is 1. The van der Waals surface area contributed by atoms with Crippen LogP contribution < -0.4 is 16.6 Å². The maximum Gasteiger partial charge on any atom is 0.332 e. The van der Waals surface area contributed by atoms with Gasteiger partial charge >= 0.3 is 5.69 Å². The Morgan fingerprint density at radius 1 is 1.07 bits per heavy atom. The third-order valence-corrected chi connectivity index (χ3v) is 5.52. The number of carbonyl (C=O) groups is 2. The number of amides is 1. The number of nitrogens with one attached hydrogen (secondary N) is 1. The highest BCUT2D eigenvalue weighted by molar-refractivity contribution is 8.00. The Bertz CT molecular complexity index is 1260. The number of hydrogen-bond donors (Lipinski definition) is 1. The van der Waals surface area contributed by atoms with Crippen molar-refractivity contribution in [3.63, 3.8) is 0 Å². The first-order valence-electron chi connectivity index (χ1n) is 9.23. The highest BCUT2D eigenvalue weighted by Gasteiger charge is 2.18. The molecule has 0 aliphatic rings. The van der Waals surface area contributed by atoms with Crippen LogP contribution in [0.25, 0.3) is 11.0 Å². The zero-order valence-electron chi connectivity index (χ0n) is 17.1. The SMILES string of the molecule is CCc1nc(SCC(=O)Nc2ccc(C(C)=O)cc2)c2c(=O)n(C)c(=O)n(C)c2n1. The van der Waals surface area contributed by atoms with Gasteiger partial charge in [0.05, 0.1) is 5.75 Å². The minimum absolute atomic E-state index is 0.00965. The van der Waals surface area contributed by atoms with E-state index in [1.165, 1.54) is 18.5 Å². The van der Waals surface area contributed by atoms with E-state index >= 15 is 0 Å². The largest absolute Gasteiger partial charge is 0.332 e. The van der Waals surface area contributed by atoms with Crippen LogP contribution in [0, 0.1) is 0 Å². The molecule has 0 spiro atoms. The third kappa shape index (κ3) is 4.18. The molecule has 0 fully saturated rings. The van der Waals surface area contributed by atoms with Crippen LogP contribution in [0.4, 0.5) is 5.69 Å². The second kappa shape index (κ2) is 8.62. The normalized spacial score (nSPS) is 10.9. The number of nitrogens with zero attached hydrogens (tertiary/aromatic N) is 4. The molecule has 0 saturated carbocycles. The van der Waals surface area contributed by atoms with E-state index in [2.05, 4.69) is 15.3 Å². The number of hydrogen-bond acceptors (Lipinski definition) is 7. The van der Waals surface area contributed by atoms with Crippen molar-refractivity contribution in [2.75, 3.05) is 11.1 Å². The maximum absolute atomic E-state index is 12.7.